The average Bonchev–Trinajstić information content (AvgIpc) is 3.13. The molecule has 0 aliphatic heterocycles. The average molecular weight is 457 g/mol. The third kappa shape index (κ3) is 3.82. The summed E-state index contributed by atoms with van der Waals surface area (Å²) in [4.78, 5) is 12.7. The van der Waals surface area contributed by atoms with Crippen LogP contribution in [0.5, 0.6) is 5.75 Å². The molecule has 0 aliphatic rings. The van der Waals surface area contributed by atoms with Crippen LogP contribution >= 0.6 is 0 Å². The van der Waals surface area contributed by atoms with Crippen molar-refractivity contribution in [2.24, 2.45) is 0 Å². The summed E-state index contributed by atoms with van der Waals surface area (Å²) >= 11 is 0. The van der Waals surface area contributed by atoms with E-state index in [1.165, 1.54) is 31.4 Å². The summed E-state index contributed by atoms with van der Waals surface area (Å²) in [6.07, 6.45) is 0. The Labute approximate surface area is 182 Å². The number of nitrogens with one attached hydrogen (secondary N) is 1. The Morgan fingerprint density at radius 3 is 2.44 bits per heavy atom. The number of sulfonamides is 1. The van der Waals surface area contributed by atoms with E-state index in [2.05, 4.69) is 4.72 Å². The fourth-order valence-corrected chi connectivity index (χ4v) is 4.27. The molecule has 32 heavy (non-hydrogen) atoms. The SMILES string of the molecule is COc1ccc(S(=O)(=O)Nc2c(C(=O)c3ccc(C)c(F)c3)oc3ccccc23)cc1F. The van der Waals surface area contributed by atoms with Gasteiger partial charge in [-0.25, -0.2) is 17.2 Å². The first-order valence-electron chi connectivity index (χ1n) is 9.40. The number of halogens is 2. The molecule has 1 N–H and O–H groups in total. The summed E-state index contributed by atoms with van der Waals surface area (Å²) in [5.41, 5.74) is 0.474. The van der Waals surface area contributed by atoms with Crippen LogP contribution in [0.25, 0.3) is 11.0 Å². The normalized spacial score (nSPS) is 11.5. The van der Waals surface area contributed by atoms with Crippen LogP contribution < -0.4 is 9.46 Å². The van der Waals surface area contributed by atoms with Gasteiger partial charge in [0.05, 0.1) is 12.0 Å². The third-order valence-electron chi connectivity index (χ3n) is 4.91. The van der Waals surface area contributed by atoms with E-state index in [-0.39, 0.29) is 33.2 Å². The Morgan fingerprint density at radius 2 is 1.75 bits per heavy atom. The van der Waals surface area contributed by atoms with E-state index >= 15 is 0 Å². The summed E-state index contributed by atoms with van der Waals surface area (Å²) in [6, 6.07) is 13.5. The number of furan rings is 1. The summed E-state index contributed by atoms with van der Waals surface area (Å²) in [7, 11) is -3.05. The number of fused-ring (bicyclic) bond motifs is 1. The van der Waals surface area contributed by atoms with Crippen LogP contribution in [-0.4, -0.2) is 21.3 Å². The fourth-order valence-electron chi connectivity index (χ4n) is 3.18. The smallest absolute Gasteiger partial charge is 0.262 e. The molecule has 4 rings (SSSR count). The number of hydrogen-bond acceptors (Lipinski definition) is 5. The molecule has 0 radical (unpaired) electrons. The predicted octanol–water partition coefficient (Wildman–Crippen LogP) is 5.06. The number of carbonyl (C=O) groups excluding carboxylic acids is 1. The Balaban J connectivity index is 1.82. The molecular weight excluding hydrogens is 440 g/mol. The van der Waals surface area contributed by atoms with Crippen molar-refractivity contribution in [3.63, 3.8) is 0 Å². The first kappa shape index (κ1) is 21.5. The number of ketones is 1. The Morgan fingerprint density at radius 1 is 1.00 bits per heavy atom. The monoisotopic (exact) mass is 457 g/mol. The molecular formula is C23H17F2NO5S. The number of hydrogen-bond donors (Lipinski definition) is 1. The quantitative estimate of drug-likeness (QED) is 0.409. The summed E-state index contributed by atoms with van der Waals surface area (Å²) in [5.74, 6) is -2.58. The highest BCUT2D eigenvalue weighted by Gasteiger charge is 2.27. The summed E-state index contributed by atoms with van der Waals surface area (Å²) in [5, 5.41) is 0.320. The molecule has 0 amide bonds. The van der Waals surface area contributed by atoms with Crippen molar-refractivity contribution < 1.29 is 31.1 Å². The maximum atomic E-state index is 14.1. The van der Waals surface area contributed by atoms with Gasteiger partial charge in [0.1, 0.15) is 17.1 Å². The Hall–Kier alpha value is -3.72. The number of para-hydroxylation sites is 1. The molecule has 0 saturated carbocycles. The molecule has 3 aromatic carbocycles. The zero-order valence-corrected chi connectivity index (χ0v) is 17.8. The number of methoxy groups -OCH3 is 1. The molecule has 0 spiro atoms. The van der Waals surface area contributed by atoms with Crippen molar-refractivity contribution in [3.05, 3.63) is 89.2 Å². The van der Waals surface area contributed by atoms with Gasteiger partial charge in [0, 0.05) is 10.9 Å². The van der Waals surface area contributed by atoms with E-state index < -0.39 is 27.4 Å². The van der Waals surface area contributed by atoms with E-state index in [0.717, 1.165) is 12.1 Å². The van der Waals surface area contributed by atoms with Gasteiger partial charge >= 0.3 is 0 Å². The topological polar surface area (TPSA) is 85.6 Å². The van der Waals surface area contributed by atoms with Crippen LogP contribution in [0.2, 0.25) is 0 Å². The maximum absolute atomic E-state index is 14.1. The lowest BCUT2D eigenvalue weighted by atomic mass is 10.1. The van der Waals surface area contributed by atoms with Crippen LogP contribution in [0.15, 0.2) is 70.0 Å². The lowest BCUT2D eigenvalue weighted by Gasteiger charge is -2.10. The molecule has 0 saturated heterocycles. The zero-order valence-electron chi connectivity index (χ0n) is 17.0. The van der Waals surface area contributed by atoms with Crippen LogP contribution in [-0.2, 0) is 10.0 Å². The highest BCUT2D eigenvalue weighted by Crippen LogP contribution is 2.34. The van der Waals surface area contributed by atoms with Gasteiger partial charge in [-0.15, -0.1) is 0 Å². The van der Waals surface area contributed by atoms with E-state index in [9.17, 15) is 22.0 Å². The number of rotatable bonds is 6. The van der Waals surface area contributed by atoms with E-state index in [0.29, 0.717) is 10.9 Å². The Bertz CT molecular complexity index is 1460. The molecule has 9 heteroatoms. The summed E-state index contributed by atoms with van der Waals surface area (Å²) in [6.45, 7) is 1.55. The molecule has 0 unspecified atom stereocenters. The van der Waals surface area contributed by atoms with Crippen LogP contribution in [0.1, 0.15) is 21.7 Å². The van der Waals surface area contributed by atoms with Gasteiger partial charge < -0.3 is 9.15 Å². The van der Waals surface area contributed by atoms with E-state index in [4.69, 9.17) is 9.15 Å². The Kier molecular flexibility index (Phi) is 5.43. The standard InChI is InChI=1S/C23H17F2NO5S/c1-13-7-8-14(11-17(13)24)22(27)23-21(16-5-3-4-6-19(16)31-23)26-32(28,29)15-9-10-20(30-2)18(25)12-15/h3-12,26H,1-2H3. The number of anilines is 1. The van der Waals surface area contributed by atoms with E-state index in [1.54, 1.807) is 31.2 Å². The highest BCUT2D eigenvalue weighted by molar-refractivity contribution is 7.92. The van der Waals surface area contributed by atoms with Crippen LogP contribution in [0, 0.1) is 18.6 Å². The minimum absolute atomic E-state index is 0.0110. The maximum Gasteiger partial charge on any atom is 0.262 e. The van der Waals surface area contributed by atoms with Gasteiger partial charge in [-0.3, -0.25) is 9.52 Å². The van der Waals surface area contributed by atoms with Crippen LogP contribution in [0.4, 0.5) is 14.5 Å². The first-order valence-corrected chi connectivity index (χ1v) is 10.9. The van der Waals surface area contributed by atoms with Gasteiger partial charge in [-0.1, -0.05) is 24.3 Å². The fraction of sp³-hybridized carbons (Fsp3) is 0.0870. The second-order valence-corrected chi connectivity index (χ2v) is 8.68. The van der Waals surface area contributed by atoms with Crippen LogP contribution in [0.3, 0.4) is 0 Å². The number of carbonyl (C=O) groups is 1. The summed E-state index contributed by atoms with van der Waals surface area (Å²) < 4.78 is 66.8. The minimum atomic E-state index is -4.31. The van der Waals surface area contributed by atoms with Crippen molar-refractivity contribution in [1.29, 1.82) is 0 Å². The molecule has 164 valence electrons. The third-order valence-corrected chi connectivity index (χ3v) is 6.25. The molecule has 1 aromatic heterocycles. The zero-order chi connectivity index (χ0) is 23.0. The molecule has 0 fully saturated rings. The van der Waals surface area contributed by atoms with Gasteiger partial charge in [-0.2, -0.15) is 0 Å². The highest BCUT2D eigenvalue weighted by atomic mass is 32.2. The van der Waals surface area contributed by atoms with Gasteiger partial charge in [-0.05, 0) is 48.9 Å². The second kappa shape index (κ2) is 8.08. The molecule has 0 atom stereocenters. The molecule has 0 aliphatic carbocycles. The molecule has 1 heterocycles. The number of aryl methyl sites for hydroxylation is 1. The minimum Gasteiger partial charge on any atom is -0.494 e. The van der Waals surface area contributed by atoms with Gasteiger partial charge in [0.25, 0.3) is 10.0 Å². The van der Waals surface area contributed by atoms with Crippen molar-refractivity contribution in [2.75, 3.05) is 11.8 Å². The van der Waals surface area contributed by atoms with Crippen molar-refractivity contribution in [2.45, 2.75) is 11.8 Å². The number of ether oxygens (including phenoxy) is 1. The van der Waals surface area contributed by atoms with Gasteiger partial charge in [0.15, 0.2) is 17.3 Å². The largest absolute Gasteiger partial charge is 0.494 e. The van der Waals surface area contributed by atoms with E-state index in [1.807, 2.05) is 0 Å². The molecule has 4 aromatic rings. The number of benzene rings is 3. The second-order valence-electron chi connectivity index (χ2n) is 7.00. The molecule has 6 nitrogen and oxygen atoms in total. The first-order chi connectivity index (χ1) is 15.2. The van der Waals surface area contributed by atoms with Crippen molar-refractivity contribution >= 4 is 32.5 Å². The van der Waals surface area contributed by atoms with Crippen molar-refractivity contribution in [3.8, 4) is 5.75 Å². The lowest BCUT2D eigenvalue weighted by Crippen LogP contribution is -2.15. The van der Waals surface area contributed by atoms with Crippen molar-refractivity contribution in [1.82, 2.24) is 0 Å². The lowest BCUT2D eigenvalue weighted by molar-refractivity contribution is 0.101. The molecule has 0 bridgehead atoms. The predicted molar refractivity (Wildman–Crippen MR) is 115 cm³/mol. The van der Waals surface area contributed by atoms with Gasteiger partial charge in [0.2, 0.25) is 5.78 Å².